The molecule has 1 unspecified atom stereocenters. The molecular formula is C28H19Cl3O2. The van der Waals surface area contributed by atoms with Crippen LogP contribution < -0.4 is 9.47 Å². The second kappa shape index (κ2) is 7.43. The van der Waals surface area contributed by atoms with Crippen LogP contribution in [0.15, 0.2) is 72.8 Å². The summed E-state index contributed by atoms with van der Waals surface area (Å²) >= 11 is 20.8. The zero-order valence-electron chi connectivity index (χ0n) is 18.0. The zero-order valence-corrected chi connectivity index (χ0v) is 20.2. The molecule has 0 heterocycles. The highest BCUT2D eigenvalue weighted by Gasteiger charge is 2.55. The van der Waals surface area contributed by atoms with Gasteiger partial charge in [0, 0.05) is 27.1 Å². The highest BCUT2D eigenvalue weighted by molar-refractivity contribution is 6.35. The minimum atomic E-state index is -0.731. The summed E-state index contributed by atoms with van der Waals surface area (Å²) in [5.41, 5.74) is 6.76. The van der Waals surface area contributed by atoms with E-state index in [-0.39, 0.29) is 5.92 Å². The molecule has 3 aliphatic rings. The van der Waals surface area contributed by atoms with Crippen molar-refractivity contribution < 1.29 is 9.47 Å². The lowest BCUT2D eigenvalue weighted by Crippen LogP contribution is -2.43. The molecule has 2 bridgehead atoms. The van der Waals surface area contributed by atoms with Crippen LogP contribution in [0.2, 0.25) is 15.1 Å². The fourth-order valence-electron chi connectivity index (χ4n) is 5.83. The summed E-state index contributed by atoms with van der Waals surface area (Å²) in [6.45, 7) is 0. The second-order valence-electron chi connectivity index (χ2n) is 8.39. The van der Waals surface area contributed by atoms with E-state index in [4.69, 9.17) is 44.3 Å². The predicted octanol–water partition coefficient (Wildman–Crippen LogP) is 7.85. The first-order chi connectivity index (χ1) is 16.0. The first kappa shape index (κ1) is 20.9. The first-order valence-electron chi connectivity index (χ1n) is 10.6. The predicted molar refractivity (Wildman–Crippen MR) is 134 cm³/mol. The van der Waals surface area contributed by atoms with Gasteiger partial charge in [0.2, 0.25) is 0 Å². The molecule has 0 radical (unpaired) electrons. The van der Waals surface area contributed by atoms with Gasteiger partial charge < -0.3 is 9.47 Å². The average Bonchev–Trinajstić information content (AvgIpc) is 2.85. The van der Waals surface area contributed by atoms with Crippen molar-refractivity contribution in [3.63, 3.8) is 0 Å². The number of methoxy groups -OCH3 is 2. The molecule has 164 valence electrons. The monoisotopic (exact) mass is 492 g/mol. The summed E-state index contributed by atoms with van der Waals surface area (Å²) in [5.74, 6) is 1.31. The van der Waals surface area contributed by atoms with E-state index in [1.807, 2.05) is 30.3 Å². The smallest absolute Gasteiger partial charge is 0.122 e. The molecule has 0 amide bonds. The standard InChI is InChI=1S/C28H19Cl3O2/c1-32-16-12-15(13-17(14-16)33-2)28-19-7-4-3-6-18(19)24(25-20(28)8-5-9-21(25)29)26-22(30)10-11-23(31)27(26)28/h3-14,24H,1-2H3/t24?,28-/m0/s1. The van der Waals surface area contributed by atoms with Crippen LogP contribution in [-0.2, 0) is 5.41 Å². The second-order valence-corrected chi connectivity index (χ2v) is 9.61. The van der Waals surface area contributed by atoms with Gasteiger partial charge in [0.05, 0.1) is 19.6 Å². The molecule has 0 aliphatic heterocycles. The molecule has 0 saturated carbocycles. The molecule has 4 aromatic rings. The normalized spacial score (nSPS) is 19.5. The van der Waals surface area contributed by atoms with Gasteiger partial charge in [0.25, 0.3) is 0 Å². The van der Waals surface area contributed by atoms with Gasteiger partial charge in [0.15, 0.2) is 0 Å². The molecule has 5 heteroatoms. The Labute approximate surface area is 207 Å². The van der Waals surface area contributed by atoms with Gasteiger partial charge in [-0.3, -0.25) is 0 Å². The largest absolute Gasteiger partial charge is 0.497 e. The number of rotatable bonds is 3. The summed E-state index contributed by atoms with van der Waals surface area (Å²) < 4.78 is 11.3. The van der Waals surface area contributed by atoms with Crippen LogP contribution in [0.1, 0.15) is 44.9 Å². The summed E-state index contributed by atoms with van der Waals surface area (Å²) in [6, 6.07) is 24.3. The van der Waals surface area contributed by atoms with Crippen LogP contribution in [0.3, 0.4) is 0 Å². The quantitative estimate of drug-likeness (QED) is 0.250. The van der Waals surface area contributed by atoms with Gasteiger partial charge in [-0.2, -0.15) is 0 Å². The Bertz CT molecular complexity index is 1420. The average molecular weight is 494 g/mol. The van der Waals surface area contributed by atoms with Crippen molar-refractivity contribution in [3.8, 4) is 11.5 Å². The molecule has 2 nitrogen and oxygen atoms in total. The molecule has 33 heavy (non-hydrogen) atoms. The van der Waals surface area contributed by atoms with Crippen molar-refractivity contribution in [3.05, 3.63) is 127 Å². The Morgan fingerprint density at radius 1 is 0.667 bits per heavy atom. The van der Waals surface area contributed by atoms with E-state index < -0.39 is 5.41 Å². The van der Waals surface area contributed by atoms with Crippen molar-refractivity contribution in [1.29, 1.82) is 0 Å². The zero-order chi connectivity index (χ0) is 22.9. The van der Waals surface area contributed by atoms with E-state index in [0.717, 1.165) is 33.4 Å². The van der Waals surface area contributed by atoms with Gasteiger partial charge >= 0.3 is 0 Å². The number of halogens is 3. The van der Waals surface area contributed by atoms with E-state index in [0.29, 0.717) is 26.6 Å². The van der Waals surface area contributed by atoms with Gasteiger partial charge in [0.1, 0.15) is 11.5 Å². The van der Waals surface area contributed by atoms with E-state index in [1.54, 1.807) is 14.2 Å². The minimum absolute atomic E-state index is 0.0968. The van der Waals surface area contributed by atoms with Crippen LogP contribution in [-0.4, -0.2) is 14.2 Å². The van der Waals surface area contributed by atoms with Crippen LogP contribution in [0.5, 0.6) is 11.5 Å². The Morgan fingerprint density at radius 3 is 2.03 bits per heavy atom. The number of hydrogen-bond acceptors (Lipinski definition) is 2. The Kier molecular flexibility index (Phi) is 4.71. The highest BCUT2D eigenvalue weighted by atomic mass is 35.5. The third kappa shape index (κ3) is 2.63. The topological polar surface area (TPSA) is 18.5 Å². The van der Waals surface area contributed by atoms with E-state index in [1.165, 1.54) is 5.56 Å². The molecule has 3 aliphatic carbocycles. The van der Waals surface area contributed by atoms with Crippen LogP contribution >= 0.6 is 34.8 Å². The molecule has 0 saturated heterocycles. The lowest BCUT2D eigenvalue weighted by Gasteiger charge is -2.52. The molecule has 7 rings (SSSR count). The van der Waals surface area contributed by atoms with Crippen molar-refractivity contribution in [2.24, 2.45) is 0 Å². The third-order valence-electron chi connectivity index (χ3n) is 7.01. The summed E-state index contributed by atoms with van der Waals surface area (Å²) in [5, 5.41) is 2.06. The van der Waals surface area contributed by atoms with Gasteiger partial charge in [-0.1, -0.05) is 71.2 Å². The van der Waals surface area contributed by atoms with Gasteiger partial charge in [-0.05, 0) is 69.3 Å². The summed E-state index contributed by atoms with van der Waals surface area (Å²) in [7, 11) is 3.31. The molecule has 4 aromatic carbocycles. The van der Waals surface area contributed by atoms with Gasteiger partial charge in [-0.15, -0.1) is 0 Å². The third-order valence-corrected chi connectivity index (χ3v) is 7.99. The van der Waals surface area contributed by atoms with Crippen molar-refractivity contribution in [2.45, 2.75) is 11.3 Å². The number of ether oxygens (including phenoxy) is 2. The minimum Gasteiger partial charge on any atom is -0.497 e. The molecule has 0 fully saturated rings. The van der Waals surface area contributed by atoms with E-state index in [2.05, 4.69) is 42.5 Å². The molecule has 0 N–H and O–H groups in total. The Hall–Kier alpha value is -2.65. The summed E-state index contributed by atoms with van der Waals surface area (Å²) in [4.78, 5) is 0. The van der Waals surface area contributed by atoms with Crippen molar-refractivity contribution in [1.82, 2.24) is 0 Å². The molecular weight excluding hydrogens is 475 g/mol. The molecule has 0 aromatic heterocycles. The maximum Gasteiger partial charge on any atom is 0.122 e. The van der Waals surface area contributed by atoms with Crippen LogP contribution in [0.4, 0.5) is 0 Å². The highest BCUT2D eigenvalue weighted by Crippen LogP contribution is 2.65. The Balaban J connectivity index is 1.89. The number of benzene rings is 4. The molecule has 0 spiro atoms. The lowest BCUT2D eigenvalue weighted by atomic mass is 9.51. The SMILES string of the molecule is COc1cc(OC)cc([C@]23c4ccccc4C(c4c(Cl)cccc42)c2c(Cl)ccc(Cl)c23)c1. The molecule has 2 atom stereocenters. The lowest BCUT2D eigenvalue weighted by molar-refractivity contribution is 0.392. The number of hydrogen-bond donors (Lipinski definition) is 0. The van der Waals surface area contributed by atoms with E-state index in [9.17, 15) is 0 Å². The van der Waals surface area contributed by atoms with Gasteiger partial charge in [-0.25, -0.2) is 0 Å². The van der Waals surface area contributed by atoms with Crippen molar-refractivity contribution in [2.75, 3.05) is 14.2 Å². The first-order valence-corrected chi connectivity index (χ1v) is 11.8. The van der Waals surface area contributed by atoms with Crippen LogP contribution in [0.25, 0.3) is 0 Å². The fourth-order valence-corrected chi connectivity index (χ4v) is 6.68. The Morgan fingerprint density at radius 2 is 1.30 bits per heavy atom. The van der Waals surface area contributed by atoms with Crippen molar-refractivity contribution >= 4 is 34.8 Å². The fraction of sp³-hybridized carbons (Fsp3) is 0.143. The van der Waals surface area contributed by atoms with E-state index >= 15 is 0 Å². The summed E-state index contributed by atoms with van der Waals surface area (Å²) in [6.07, 6.45) is 0. The maximum atomic E-state index is 7.01. The maximum absolute atomic E-state index is 7.01. The van der Waals surface area contributed by atoms with Crippen LogP contribution in [0, 0.1) is 0 Å².